The average Bonchev–Trinajstić information content (AvgIpc) is 2.26. The Balaban J connectivity index is 0.00000162. The van der Waals surface area contributed by atoms with Gasteiger partial charge in [-0.25, -0.2) is 4.39 Å². The molecule has 0 aromatic heterocycles. The SMILES string of the molecule is Cl.NC1(CNC(=O)c2cc(Br)ccc2F)CCC1. The number of nitrogens with two attached hydrogens (primary N) is 1. The average molecular weight is 338 g/mol. The Morgan fingerprint density at radius 3 is 2.72 bits per heavy atom. The van der Waals surface area contributed by atoms with E-state index in [0.717, 1.165) is 19.3 Å². The van der Waals surface area contributed by atoms with Gasteiger partial charge in [0.25, 0.3) is 5.91 Å². The van der Waals surface area contributed by atoms with Crippen LogP contribution in [-0.2, 0) is 0 Å². The number of halogens is 3. The summed E-state index contributed by atoms with van der Waals surface area (Å²) in [6.45, 7) is 0.401. The fourth-order valence-corrected chi connectivity index (χ4v) is 2.19. The van der Waals surface area contributed by atoms with Gasteiger partial charge < -0.3 is 11.1 Å². The second-order valence-corrected chi connectivity index (χ2v) is 5.44. The Morgan fingerprint density at radius 2 is 2.17 bits per heavy atom. The molecule has 6 heteroatoms. The molecule has 3 nitrogen and oxygen atoms in total. The molecule has 1 aliphatic carbocycles. The zero-order valence-electron chi connectivity index (χ0n) is 9.71. The van der Waals surface area contributed by atoms with Crippen molar-refractivity contribution in [3.05, 3.63) is 34.1 Å². The molecule has 1 saturated carbocycles. The monoisotopic (exact) mass is 336 g/mol. The molecule has 0 atom stereocenters. The van der Waals surface area contributed by atoms with Crippen LogP contribution in [0, 0.1) is 5.82 Å². The zero-order valence-corrected chi connectivity index (χ0v) is 12.1. The van der Waals surface area contributed by atoms with Crippen LogP contribution in [0.25, 0.3) is 0 Å². The highest BCUT2D eigenvalue weighted by atomic mass is 79.9. The normalized spacial score (nSPS) is 16.4. The molecule has 2 rings (SSSR count). The summed E-state index contributed by atoms with van der Waals surface area (Å²) >= 11 is 3.21. The van der Waals surface area contributed by atoms with Crippen LogP contribution in [0.4, 0.5) is 4.39 Å². The van der Waals surface area contributed by atoms with E-state index < -0.39 is 11.7 Å². The van der Waals surface area contributed by atoms with Gasteiger partial charge in [0.2, 0.25) is 0 Å². The maximum atomic E-state index is 13.4. The highest BCUT2D eigenvalue weighted by Crippen LogP contribution is 2.28. The molecule has 0 bridgehead atoms. The first-order valence-electron chi connectivity index (χ1n) is 5.52. The van der Waals surface area contributed by atoms with Gasteiger partial charge in [-0.3, -0.25) is 4.79 Å². The van der Waals surface area contributed by atoms with Gasteiger partial charge in [-0.05, 0) is 37.5 Å². The zero-order chi connectivity index (χ0) is 12.5. The summed E-state index contributed by atoms with van der Waals surface area (Å²) in [5.74, 6) is -0.939. The van der Waals surface area contributed by atoms with Crippen LogP contribution in [-0.4, -0.2) is 18.0 Å². The van der Waals surface area contributed by atoms with E-state index >= 15 is 0 Å². The van der Waals surface area contributed by atoms with Gasteiger partial charge in [-0.15, -0.1) is 12.4 Å². The number of rotatable bonds is 3. The molecule has 0 radical (unpaired) electrons. The minimum absolute atomic E-state index is 0. The number of carbonyl (C=O) groups excluding carboxylic acids is 1. The number of carbonyl (C=O) groups is 1. The standard InChI is InChI=1S/C12H14BrFN2O.ClH/c13-8-2-3-10(14)9(6-8)11(17)16-7-12(15)4-1-5-12;/h2-3,6H,1,4-5,7,15H2,(H,16,17);1H. The lowest BCUT2D eigenvalue weighted by Gasteiger charge is -2.38. The minimum atomic E-state index is -0.523. The molecule has 0 saturated heterocycles. The van der Waals surface area contributed by atoms with Crippen LogP contribution in [0.1, 0.15) is 29.6 Å². The van der Waals surface area contributed by atoms with Gasteiger partial charge in [0.05, 0.1) is 5.56 Å². The van der Waals surface area contributed by atoms with Crippen molar-refractivity contribution in [1.29, 1.82) is 0 Å². The first-order valence-corrected chi connectivity index (χ1v) is 6.32. The van der Waals surface area contributed by atoms with Crippen molar-refractivity contribution in [1.82, 2.24) is 5.32 Å². The predicted molar refractivity (Wildman–Crippen MR) is 74.5 cm³/mol. The van der Waals surface area contributed by atoms with Gasteiger partial charge in [0.15, 0.2) is 0 Å². The highest BCUT2D eigenvalue weighted by Gasteiger charge is 2.32. The molecule has 18 heavy (non-hydrogen) atoms. The number of hydrogen-bond donors (Lipinski definition) is 2. The molecule has 0 heterocycles. The van der Waals surface area contributed by atoms with E-state index in [1.165, 1.54) is 12.1 Å². The lowest BCUT2D eigenvalue weighted by atomic mass is 9.78. The summed E-state index contributed by atoms with van der Waals surface area (Å²) in [6, 6.07) is 4.29. The first kappa shape index (κ1) is 15.4. The highest BCUT2D eigenvalue weighted by molar-refractivity contribution is 9.10. The molecule has 1 aliphatic rings. The summed E-state index contributed by atoms with van der Waals surface area (Å²) in [6.07, 6.45) is 2.92. The van der Waals surface area contributed by atoms with E-state index in [-0.39, 0.29) is 23.5 Å². The van der Waals surface area contributed by atoms with Gasteiger partial charge >= 0.3 is 0 Å². The van der Waals surface area contributed by atoms with Crippen molar-refractivity contribution in [2.24, 2.45) is 5.73 Å². The fraction of sp³-hybridized carbons (Fsp3) is 0.417. The summed E-state index contributed by atoms with van der Waals surface area (Å²) in [5.41, 5.74) is 5.73. The second-order valence-electron chi connectivity index (χ2n) is 4.52. The van der Waals surface area contributed by atoms with Gasteiger partial charge in [0.1, 0.15) is 5.82 Å². The van der Waals surface area contributed by atoms with Crippen molar-refractivity contribution in [3.8, 4) is 0 Å². The van der Waals surface area contributed by atoms with Gasteiger partial charge in [-0.1, -0.05) is 15.9 Å². The molecule has 0 aliphatic heterocycles. The van der Waals surface area contributed by atoms with Crippen LogP contribution in [0.15, 0.2) is 22.7 Å². The largest absolute Gasteiger partial charge is 0.350 e. The van der Waals surface area contributed by atoms with Crippen LogP contribution < -0.4 is 11.1 Å². The molecule has 100 valence electrons. The third-order valence-corrected chi connectivity index (χ3v) is 3.62. The van der Waals surface area contributed by atoms with Crippen LogP contribution in [0.5, 0.6) is 0 Å². The topological polar surface area (TPSA) is 55.1 Å². The molecule has 0 unspecified atom stereocenters. The van der Waals surface area contributed by atoms with Gasteiger partial charge in [0, 0.05) is 16.6 Å². The first-order chi connectivity index (χ1) is 8.00. The summed E-state index contributed by atoms with van der Waals surface area (Å²) in [4.78, 5) is 11.8. The number of hydrogen-bond acceptors (Lipinski definition) is 2. The van der Waals surface area contributed by atoms with E-state index in [4.69, 9.17) is 5.73 Å². The number of amides is 1. The fourth-order valence-electron chi connectivity index (χ4n) is 1.83. The van der Waals surface area contributed by atoms with Crippen LogP contribution >= 0.6 is 28.3 Å². The third-order valence-electron chi connectivity index (χ3n) is 3.12. The van der Waals surface area contributed by atoms with Crippen molar-refractivity contribution < 1.29 is 9.18 Å². The Morgan fingerprint density at radius 1 is 1.50 bits per heavy atom. The Hall–Kier alpha value is -0.650. The van der Waals surface area contributed by atoms with Crippen molar-refractivity contribution in [3.63, 3.8) is 0 Å². The van der Waals surface area contributed by atoms with E-state index in [9.17, 15) is 9.18 Å². The lowest BCUT2D eigenvalue weighted by Crippen LogP contribution is -2.55. The van der Waals surface area contributed by atoms with Crippen LogP contribution in [0.2, 0.25) is 0 Å². The number of benzene rings is 1. The molecule has 1 amide bonds. The van der Waals surface area contributed by atoms with Crippen molar-refractivity contribution in [2.75, 3.05) is 6.54 Å². The predicted octanol–water partition coefficient (Wildman–Crippen LogP) is 2.62. The second kappa shape index (κ2) is 5.99. The van der Waals surface area contributed by atoms with Gasteiger partial charge in [-0.2, -0.15) is 0 Å². The maximum Gasteiger partial charge on any atom is 0.254 e. The molecular formula is C12H15BrClFN2O. The minimum Gasteiger partial charge on any atom is -0.350 e. The molecule has 1 aromatic carbocycles. The molecular weight excluding hydrogens is 323 g/mol. The molecule has 1 fully saturated rings. The quantitative estimate of drug-likeness (QED) is 0.891. The van der Waals surface area contributed by atoms with Crippen molar-refractivity contribution in [2.45, 2.75) is 24.8 Å². The smallest absolute Gasteiger partial charge is 0.254 e. The van der Waals surface area contributed by atoms with E-state index in [2.05, 4.69) is 21.2 Å². The molecule has 3 N–H and O–H groups in total. The summed E-state index contributed by atoms with van der Waals surface area (Å²) in [5, 5.41) is 2.68. The third kappa shape index (κ3) is 3.43. The molecule has 1 aromatic rings. The number of nitrogens with one attached hydrogen (secondary N) is 1. The van der Waals surface area contributed by atoms with E-state index in [1.54, 1.807) is 6.07 Å². The van der Waals surface area contributed by atoms with Crippen molar-refractivity contribution >= 4 is 34.2 Å². The molecule has 0 spiro atoms. The Bertz CT molecular complexity index is 452. The summed E-state index contributed by atoms with van der Waals surface area (Å²) in [7, 11) is 0. The van der Waals surface area contributed by atoms with E-state index in [0.29, 0.717) is 11.0 Å². The lowest BCUT2D eigenvalue weighted by molar-refractivity contribution is 0.0925. The van der Waals surface area contributed by atoms with Crippen LogP contribution in [0.3, 0.4) is 0 Å². The Labute approximate surface area is 120 Å². The Kier molecular flexibility index (Phi) is 5.13. The maximum absolute atomic E-state index is 13.4. The summed E-state index contributed by atoms with van der Waals surface area (Å²) < 4.78 is 14.1. The van der Waals surface area contributed by atoms with E-state index in [1.807, 2.05) is 0 Å².